The quantitative estimate of drug-likeness (QED) is 0.716. The first-order valence-electron chi connectivity index (χ1n) is 8.36. The normalized spacial score (nSPS) is 18.6. The average Bonchev–Trinajstić information content (AvgIpc) is 3.11. The van der Waals surface area contributed by atoms with E-state index in [2.05, 4.69) is 4.98 Å². The molecule has 4 rings (SSSR count). The molecule has 0 fully saturated rings. The van der Waals surface area contributed by atoms with Crippen LogP contribution < -0.4 is 9.47 Å². The fourth-order valence-electron chi connectivity index (χ4n) is 3.21. The number of rotatable bonds is 4. The van der Waals surface area contributed by atoms with E-state index >= 15 is 0 Å². The number of carboxylic acid groups (broad SMARTS) is 1. The van der Waals surface area contributed by atoms with Gasteiger partial charge < -0.3 is 19.1 Å². The van der Waals surface area contributed by atoms with Crippen LogP contribution in [0, 0.1) is 0 Å². The van der Waals surface area contributed by atoms with Crippen molar-refractivity contribution in [3.63, 3.8) is 0 Å². The summed E-state index contributed by atoms with van der Waals surface area (Å²) in [5.74, 6) is -4.71. The van der Waals surface area contributed by atoms with Crippen LogP contribution in [-0.4, -0.2) is 26.7 Å². The van der Waals surface area contributed by atoms with E-state index in [1.807, 2.05) is 0 Å². The van der Waals surface area contributed by atoms with Crippen molar-refractivity contribution in [3.05, 3.63) is 53.3 Å². The monoisotopic (exact) mass is 392 g/mol. The summed E-state index contributed by atoms with van der Waals surface area (Å²) in [6.07, 6.45) is 0. The topological polar surface area (TPSA) is 73.6 Å². The van der Waals surface area contributed by atoms with Gasteiger partial charge in [0.1, 0.15) is 0 Å². The number of ether oxygens (including phenoxy) is 2. The molecular formula is C19H15F3N2O4. The second-order valence-electron chi connectivity index (χ2n) is 6.70. The predicted molar refractivity (Wildman–Crippen MR) is 92.6 cm³/mol. The summed E-state index contributed by atoms with van der Waals surface area (Å²) in [7, 11) is 0. The molecule has 0 aliphatic carbocycles. The molecule has 0 saturated carbocycles. The minimum Gasteiger partial charge on any atom is -0.478 e. The molecule has 9 heteroatoms. The molecule has 3 aromatic rings. The van der Waals surface area contributed by atoms with Crippen molar-refractivity contribution in [1.29, 1.82) is 0 Å². The SMILES string of the molecule is CC1(F)Oc2cccc(Cn3c(C(C)(F)F)nc4cc(C(=O)O)ccc43)c2O1. The number of carboxylic acids is 1. The van der Waals surface area contributed by atoms with E-state index in [1.54, 1.807) is 12.1 Å². The van der Waals surface area contributed by atoms with Gasteiger partial charge in [0.15, 0.2) is 17.3 Å². The van der Waals surface area contributed by atoms with E-state index in [0.29, 0.717) is 18.0 Å². The summed E-state index contributed by atoms with van der Waals surface area (Å²) in [6, 6.07) is 6.35. The Labute approximate surface area is 157 Å². The highest BCUT2D eigenvalue weighted by Gasteiger charge is 2.39. The lowest BCUT2D eigenvalue weighted by Gasteiger charge is -2.15. The van der Waals surface area contributed by atoms with Crippen molar-refractivity contribution in [2.45, 2.75) is 32.4 Å². The smallest absolute Gasteiger partial charge is 0.404 e. The van der Waals surface area contributed by atoms with Gasteiger partial charge in [0, 0.05) is 19.4 Å². The van der Waals surface area contributed by atoms with Gasteiger partial charge in [0.05, 0.1) is 23.1 Å². The third-order valence-electron chi connectivity index (χ3n) is 4.35. The second-order valence-corrected chi connectivity index (χ2v) is 6.70. The van der Waals surface area contributed by atoms with Gasteiger partial charge in [-0.1, -0.05) is 12.1 Å². The van der Waals surface area contributed by atoms with Gasteiger partial charge in [-0.2, -0.15) is 13.2 Å². The zero-order valence-electron chi connectivity index (χ0n) is 14.9. The number of nitrogens with zero attached hydrogens (tertiary/aromatic N) is 2. The van der Waals surface area contributed by atoms with Crippen LogP contribution in [0.3, 0.4) is 0 Å². The molecule has 1 aromatic heterocycles. The maximum absolute atomic E-state index is 14.2. The minimum absolute atomic E-state index is 0.0614. The van der Waals surface area contributed by atoms with Gasteiger partial charge in [-0.15, -0.1) is 0 Å². The summed E-state index contributed by atoms with van der Waals surface area (Å²) in [5.41, 5.74) is 0.803. The van der Waals surface area contributed by atoms with E-state index in [9.17, 15) is 18.0 Å². The minimum atomic E-state index is -3.29. The molecule has 1 N–H and O–H groups in total. The Bertz CT molecular complexity index is 1100. The number of halogens is 3. The van der Waals surface area contributed by atoms with Crippen molar-refractivity contribution in [1.82, 2.24) is 9.55 Å². The second kappa shape index (κ2) is 5.88. The van der Waals surface area contributed by atoms with Crippen molar-refractivity contribution in [2.24, 2.45) is 0 Å². The lowest BCUT2D eigenvalue weighted by atomic mass is 10.1. The zero-order valence-corrected chi connectivity index (χ0v) is 14.9. The average molecular weight is 392 g/mol. The Balaban J connectivity index is 1.86. The molecule has 1 atom stereocenters. The molecule has 1 aliphatic rings. The fraction of sp³-hybridized carbons (Fsp3) is 0.263. The zero-order chi connectivity index (χ0) is 20.3. The molecule has 0 radical (unpaired) electrons. The Morgan fingerprint density at radius 1 is 1.29 bits per heavy atom. The number of carbonyl (C=O) groups is 1. The van der Waals surface area contributed by atoms with Gasteiger partial charge in [-0.3, -0.25) is 0 Å². The van der Waals surface area contributed by atoms with Crippen molar-refractivity contribution in [2.75, 3.05) is 0 Å². The Morgan fingerprint density at radius 2 is 2.04 bits per heavy atom. The first-order chi connectivity index (χ1) is 13.0. The molecule has 2 aromatic carbocycles. The Morgan fingerprint density at radius 3 is 2.71 bits per heavy atom. The van der Waals surface area contributed by atoms with E-state index in [1.165, 1.54) is 28.8 Å². The van der Waals surface area contributed by atoms with Crippen molar-refractivity contribution in [3.8, 4) is 11.5 Å². The summed E-state index contributed by atoms with van der Waals surface area (Å²) in [4.78, 5) is 15.1. The molecular weight excluding hydrogens is 377 g/mol. The summed E-state index contributed by atoms with van der Waals surface area (Å²) >= 11 is 0. The Kier molecular flexibility index (Phi) is 3.81. The van der Waals surface area contributed by atoms with Gasteiger partial charge in [0.2, 0.25) is 0 Å². The van der Waals surface area contributed by atoms with Crippen LogP contribution in [0.15, 0.2) is 36.4 Å². The van der Waals surface area contributed by atoms with Gasteiger partial charge in [0.25, 0.3) is 0 Å². The summed E-state index contributed by atoms with van der Waals surface area (Å²) in [6.45, 7) is 1.71. The molecule has 0 amide bonds. The highest BCUT2D eigenvalue weighted by Crippen LogP contribution is 2.43. The molecule has 2 heterocycles. The number of alkyl halides is 3. The van der Waals surface area contributed by atoms with Crippen LogP contribution in [0.2, 0.25) is 0 Å². The van der Waals surface area contributed by atoms with Crippen LogP contribution in [0.25, 0.3) is 11.0 Å². The standard InChI is InChI=1S/C19H15F3N2O4/c1-18(20,21)17-23-12-8-10(16(25)26)6-7-13(12)24(17)9-11-4-3-5-14-15(11)28-19(2,22)27-14/h3-8H,9H2,1-2H3,(H,25,26). The molecule has 1 aliphatic heterocycles. The number of para-hydroxylation sites is 1. The number of aromatic carboxylic acids is 1. The lowest BCUT2D eigenvalue weighted by Crippen LogP contribution is -2.28. The first kappa shape index (κ1) is 18.1. The lowest BCUT2D eigenvalue weighted by molar-refractivity contribution is -0.173. The molecule has 0 spiro atoms. The summed E-state index contributed by atoms with van der Waals surface area (Å²) < 4.78 is 53.9. The van der Waals surface area contributed by atoms with Crippen molar-refractivity contribution < 1.29 is 32.5 Å². The third-order valence-corrected chi connectivity index (χ3v) is 4.35. The highest BCUT2D eigenvalue weighted by molar-refractivity contribution is 5.92. The van der Waals surface area contributed by atoms with Gasteiger partial charge >= 0.3 is 17.9 Å². The number of benzene rings is 2. The number of imidazole rings is 1. The van der Waals surface area contributed by atoms with Gasteiger partial charge in [-0.05, 0) is 24.3 Å². The predicted octanol–water partition coefficient (Wildman–Crippen LogP) is 4.31. The van der Waals surface area contributed by atoms with Crippen molar-refractivity contribution >= 4 is 17.0 Å². The van der Waals surface area contributed by atoms with E-state index in [4.69, 9.17) is 14.6 Å². The molecule has 6 nitrogen and oxygen atoms in total. The van der Waals surface area contributed by atoms with Crippen LogP contribution in [-0.2, 0) is 12.5 Å². The van der Waals surface area contributed by atoms with Crippen LogP contribution >= 0.6 is 0 Å². The van der Waals surface area contributed by atoms with Crippen LogP contribution in [0.4, 0.5) is 13.2 Å². The maximum atomic E-state index is 14.2. The number of hydrogen-bond donors (Lipinski definition) is 1. The van der Waals surface area contributed by atoms with E-state index in [0.717, 1.165) is 6.92 Å². The molecule has 0 saturated heterocycles. The summed E-state index contributed by atoms with van der Waals surface area (Å²) in [5, 5.41) is 9.12. The highest BCUT2D eigenvalue weighted by atomic mass is 19.3. The first-order valence-corrected chi connectivity index (χ1v) is 8.36. The van der Waals surface area contributed by atoms with E-state index in [-0.39, 0.29) is 29.1 Å². The van der Waals surface area contributed by atoms with Gasteiger partial charge in [-0.25, -0.2) is 9.78 Å². The molecule has 0 bridgehead atoms. The largest absolute Gasteiger partial charge is 0.478 e. The number of hydrogen-bond acceptors (Lipinski definition) is 4. The van der Waals surface area contributed by atoms with Crippen LogP contribution in [0.5, 0.6) is 11.5 Å². The third kappa shape index (κ3) is 3.02. The molecule has 146 valence electrons. The number of aromatic nitrogens is 2. The van der Waals surface area contributed by atoms with Crippen LogP contribution in [0.1, 0.15) is 35.6 Å². The Hall–Kier alpha value is -3.23. The molecule has 1 unspecified atom stereocenters. The molecule has 28 heavy (non-hydrogen) atoms. The fourth-order valence-corrected chi connectivity index (χ4v) is 3.21. The maximum Gasteiger partial charge on any atom is 0.404 e. The van der Waals surface area contributed by atoms with E-state index < -0.39 is 23.8 Å². The number of fused-ring (bicyclic) bond motifs is 2.